The topological polar surface area (TPSA) is 64.9 Å². The van der Waals surface area contributed by atoms with Crippen molar-refractivity contribution in [1.29, 1.82) is 0 Å². The molecule has 0 aliphatic rings. The molecule has 3 rings (SSSR count). The Morgan fingerprint density at radius 3 is 2.80 bits per heavy atom. The number of pyridine rings is 1. The van der Waals surface area contributed by atoms with Gasteiger partial charge in [0.1, 0.15) is 11.5 Å². The van der Waals surface area contributed by atoms with Crippen molar-refractivity contribution in [3.63, 3.8) is 0 Å². The van der Waals surface area contributed by atoms with Crippen LogP contribution in [-0.2, 0) is 0 Å². The van der Waals surface area contributed by atoms with Crippen LogP contribution in [0.3, 0.4) is 0 Å². The van der Waals surface area contributed by atoms with Crippen LogP contribution in [0.4, 0.5) is 10.3 Å². The van der Waals surface area contributed by atoms with Gasteiger partial charge in [-0.1, -0.05) is 27.2 Å². The molecule has 3 aromatic rings. The molecule has 0 unspecified atom stereocenters. The quantitative estimate of drug-likeness (QED) is 0.772. The summed E-state index contributed by atoms with van der Waals surface area (Å²) >= 11 is 3.31. The summed E-state index contributed by atoms with van der Waals surface area (Å²) in [6, 6.07) is 9.96. The first-order valence-electron chi connectivity index (χ1n) is 5.79. The molecule has 2 heterocycles. The van der Waals surface area contributed by atoms with Crippen molar-refractivity contribution < 1.29 is 8.91 Å². The average Bonchev–Trinajstić information content (AvgIpc) is 2.84. The third-order valence-electron chi connectivity index (χ3n) is 2.82. The number of anilines is 1. The maximum atomic E-state index is 14.0. The summed E-state index contributed by atoms with van der Waals surface area (Å²) in [5.41, 5.74) is 7.51. The van der Waals surface area contributed by atoms with E-state index in [1.807, 2.05) is 6.07 Å². The highest BCUT2D eigenvalue weighted by molar-refractivity contribution is 9.10. The molecule has 1 aromatic carbocycles. The molecule has 6 heteroatoms. The molecule has 4 nitrogen and oxygen atoms in total. The minimum Gasteiger partial charge on any atom is -0.367 e. The molecule has 0 spiro atoms. The van der Waals surface area contributed by atoms with Crippen molar-refractivity contribution in [3.8, 4) is 22.5 Å². The number of hydrogen-bond acceptors (Lipinski definition) is 4. The Kier molecular flexibility index (Phi) is 3.23. The molecule has 0 aliphatic carbocycles. The summed E-state index contributed by atoms with van der Waals surface area (Å²) in [5.74, 6) is -0.295. The minimum atomic E-state index is -0.404. The van der Waals surface area contributed by atoms with E-state index >= 15 is 0 Å². The zero-order chi connectivity index (χ0) is 14.1. The normalized spacial score (nSPS) is 10.7. The summed E-state index contributed by atoms with van der Waals surface area (Å²) in [5, 5.41) is 3.86. The Balaban J connectivity index is 2.24. The second-order valence-electron chi connectivity index (χ2n) is 4.11. The monoisotopic (exact) mass is 333 g/mol. The molecule has 0 atom stereocenters. The van der Waals surface area contributed by atoms with Gasteiger partial charge in [0.25, 0.3) is 0 Å². The molecule has 0 amide bonds. The maximum Gasteiger partial charge on any atom is 0.232 e. The zero-order valence-corrected chi connectivity index (χ0v) is 11.8. The van der Waals surface area contributed by atoms with Crippen LogP contribution in [0, 0.1) is 5.82 Å². The molecule has 0 fully saturated rings. The van der Waals surface area contributed by atoms with Gasteiger partial charge in [0.2, 0.25) is 5.88 Å². The molecule has 20 heavy (non-hydrogen) atoms. The van der Waals surface area contributed by atoms with E-state index in [-0.39, 0.29) is 5.88 Å². The molecular weight excluding hydrogens is 325 g/mol. The van der Waals surface area contributed by atoms with Crippen molar-refractivity contribution in [2.75, 3.05) is 5.73 Å². The Labute approximate surface area is 122 Å². The fourth-order valence-electron chi connectivity index (χ4n) is 1.92. The summed E-state index contributed by atoms with van der Waals surface area (Å²) < 4.78 is 19.7. The molecule has 0 radical (unpaired) electrons. The number of hydrogen-bond donors (Lipinski definition) is 1. The third-order valence-corrected chi connectivity index (χ3v) is 3.32. The van der Waals surface area contributed by atoms with Crippen LogP contribution >= 0.6 is 15.9 Å². The number of aromatic nitrogens is 2. The Bertz CT molecular complexity index is 758. The molecule has 0 aliphatic heterocycles. The van der Waals surface area contributed by atoms with Gasteiger partial charge in [-0.15, -0.1) is 0 Å². The van der Waals surface area contributed by atoms with Gasteiger partial charge in [0, 0.05) is 16.2 Å². The lowest BCUT2D eigenvalue weighted by atomic mass is 10.0. The number of nitrogen functional groups attached to an aromatic ring is 1. The number of nitrogens with zero attached hydrogens (tertiary/aromatic N) is 2. The van der Waals surface area contributed by atoms with E-state index in [9.17, 15) is 4.39 Å². The van der Waals surface area contributed by atoms with E-state index in [2.05, 4.69) is 26.1 Å². The van der Waals surface area contributed by atoms with Crippen LogP contribution in [0.25, 0.3) is 22.5 Å². The average molecular weight is 334 g/mol. The van der Waals surface area contributed by atoms with Gasteiger partial charge in [-0.05, 0) is 30.3 Å². The van der Waals surface area contributed by atoms with Crippen LogP contribution in [0.1, 0.15) is 0 Å². The van der Waals surface area contributed by atoms with Crippen molar-refractivity contribution in [2.24, 2.45) is 0 Å². The Morgan fingerprint density at radius 1 is 1.20 bits per heavy atom. The van der Waals surface area contributed by atoms with E-state index in [1.165, 1.54) is 6.07 Å². The Morgan fingerprint density at radius 2 is 2.05 bits per heavy atom. The number of nitrogens with two attached hydrogens (primary N) is 1. The van der Waals surface area contributed by atoms with Crippen LogP contribution in [0.2, 0.25) is 0 Å². The summed E-state index contributed by atoms with van der Waals surface area (Å²) in [7, 11) is 0. The van der Waals surface area contributed by atoms with E-state index in [0.717, 1.165) is 4.47 Å². The number of rotatable bonds is 2. The number of halogens is 2. The predicted molar refractivity (Wildman–Crippen MR) is 77.2 cm³/mol. The van der Waals surface area contributed by atoms with Crippen molar-refractivity contribution in [3.05, 3.63) is 52.9 Å². The van der Waals surface area contributed by atoms with E-state index in [1.54, 1.807) is 30.5 Å². The summed E-state index contributed by atoms with van der Waals surface area (Å²) in [6.45, 7) is 0. The highest BCUT2D eigenvalue weighted by Gasteiger charge is 2.20. The smallest absolute Gasteiger partial charge is 0.232 e. The van der Waals surface area contributed by atoms with Crippen molar-refractivity contribution >= 4 is 21.8 Å². The lowest BCUT2D eigenvalue weighted by molar-refractivity contribution is 0.439. The van der Waals surface area contributed by atoms with Gasteiger partial charge in [-0.2, -0.15) is 0 Å². The molecule has 2 N–H and O–H groups in total. The first-order valence-corrected chi connectivity index (χ1v) is 6.58. The van der Waals surface area contributed by atoms with Crippen LogP contribution < -0.4 is 5.73 Å². The lowest BCUT2D eigenvalue weighted by Crippen LogP contribution is -1.91. The second-order valence-corrected chi connectivity index (χ2v) is 5.03. The van der Waals surface area contributed by atoms with Gasteiger partial charge < -0.3 is 10.3 Å². The first-order chi connectivity index (χ1) is 9.66. The first kappa shape index (κ1) is 12.8. The fourth-order valence-corrected chi connectivity index (χ4v) is 2.28. The zero-order valence-electron chi connectivity index (χ0n) is 10.2. The molecule has 0 saturated heterocycles. The highest BCUT2D eigenvalue weighted by atomic mass is 79.9. The Hall–Kier alpha value is -2.21. The van der Waals surface area contributed by atoms with E-state index in [0.29, 0.717) is 22.5 Å². The fraction of sp³-hybridized carbons (Fsp3) is 0. The minimum absolute atomic E-state index is 0.109. The van der Waals surface area contributed by atoms with Gasteiger partial charge in [0.15, 0.2) is 0 Å². The molecule has 100 valence electrons. The van der Waals surface area contributed by atoms with Crippen LogP contribution in [-0.4, -0.2) is 10.1 Å². The van der Waals surface area contributed by atoms with E-state index in [4.69, 9.17) is 10.3 Å². The third kappa shape index (κ3) is 2.18. The van der Waals surface area contributed by atoms with Gasteiger partial charge in [0.05, 0.1) is 11.3 Å². The predicted octanol–water partition coefficient (Wildman–Crippen LogP) is 3.89. The largest absolute Gasteiger partial charge is 0.367 e. The second kappa shape index (κ2) is 5.05. The van der Waals surface area contributed by atoms with E-state index < -0.39 is 5.82 Å². The molecule has 0 bridgehead atoms. The number of benzene rings is 1. The van der Waals surface area contributed by atoms with Crippen molar-refractivity contribution in [1.82, 2.24) is 10.1 Å². The van der Waals surface area contributed by atoms with Crippen LogP contribution in [0.5, 0.6) is 0 Å². The maximum absolute atomic E-state index is 14.0. The van der Waals surface area contributed by atoms with Gasteiger partial charge in [-0.3, -0.25) is 4.98 Å². The lowest BCUT2D eigenvalue weighted by Gasteiger charge is -2.03. The molecule has 2 aromatic heterocycles. The standard InChI is InChI=1S/C14H9BrFN3O/c15-8-4-5-10(16)9(7-8)13-12(14(17)20-19-13)11-3-1-2-6-18-11/h1-7H,17H2. The summed E-state index contributed by atoms with van der Waals surface area (Å²) in [4.78, 5) is 4.21. The van der Waals surface area contributed by atoms with Crippen molar-refractivity contribution in [2.45, 2.75) is 0 Å². The highest BCUT2D eigenvalue weighted by Crippen LogP contribution is 2.36. The molecule has 0 saturated carbocycles. The molecular formula is C14H9BrFN3O. The SMILES string of the molecule is Nc1onc(-c2cc(Br)ccc2F)c1-c1ccccn1. The summed E-state index contributed by atoms with van der Waals surface area (Å²) in [6.07, 6.45) is 1.63. The van der Waals surface area contributed by atoms with Gasteiger partial charge >= 0.3 is 0 Å². The van der Waals surface area contributed by atoms with Gasteiger partial charge in [-0.25, -0.2) is 4.39 Å². The van der Waals surface area contributed by atoms with Crippen LogP contribution in [0.15, 0.2) is 51.6 Å².